The van der Waals surface area contributed by atoms with Crippen molar-refractivity contribution in [2.45, 2.75) is 19.9 Å². The molecule has 106 valence electrons. The lowest BCUT2D eigenvalue weighted by atomic mass is 10.0. The second-order valence-electron chi connectivity index (χ2n) is 4.81. The lowest BCUT2D eigenvalue weighted by Crippen LogP contribution is -2.38. The number of aliphatic hydroxyl groups is 1. The van der Waals surface area contributed by atoms with E-state index in [2.05, 4.69) is 15.4 Å². The first-order chi connectivity index (χ1) is 9.61. The Bertz CT molecular complexity index is 568. The van der Waals surface area contributed by atoms with Crippen LogP contribution in [0.2, 0.25) is 0 Å². The summed E-state index contributed by atoms with van der Waals surface area (Å²) < 4.78 is 1.59. The molecule has 20 heavy (non-hydrogen) atoms. The fourth-order valence-electron chi connectivity index (χ4n) is 1.72. The number of hydrogen-bond donors (Lipinski definition) is 2. The molecular formula is C14H18N4O2. The lowest BCUT2D eigenvalue weighted by molar-refractivity contribution is 0.0916. The Balaban J connectivity index is 2.13. The number of nitrogens with one attached hydrogen (secondary N) is 1. The minimum Gasteiger partial charge on any atom is -0.396 e. The van der Waals surface area contributed by atoms with Crippen LogP contribution in [0.25, 0.3) is 5.69 Å². The van der Waals surface area contributed by atoms with Crippen LogP contribution in [0.5, 0.6) is 0 Å². The minimum atomic E-state index is -0.167. The number of amides is 1. The summed E-state index contributed by atoms with van der Waals surface area (Å²) in [7, 11) is 0. The van der Waals surface area contributed by atoms with E-state index in [0.29, 0.717) is 5.56 Å². The van der Waals surface area contributed by atoms with Crippen LogP contribution in [0.15, 0.2) is 36.9 Å². The normalized spacial score (nSPS) is 13.8. The number of hydrogen-bond acceptors (Lipinski definition) is 4. The van der Waals surface area contributed by atoms with Gasteiger partial charge in [0.2, 0.25) is 0 Å². The Labute approximate surface area is 117 Å². The minimum absolute atomic E-state index is 0.0115. The summed E-state index contributed by atoms with van der Waals surface area (Å²) in [4.78, 5) is 16.0. The van der Waals surface area contributed by atoms with Crippen molar-refractivity contribution in [2.24, 2.45) is 5.92 Å². The molecule has 2 aromatic rings. The molecule has 1 aromatic carbocycles. The van der Waals surface area contributed by atoms with Crippen molar-refractivity contribution < 1.29 is 9.90 Å². The summed E-state index contributed by atoms with van der Waals surface area (Å²) in [5.74, 6) is -0.155. The molecule has 0 aliphatic rings. The number of aromatic nitrogens is 3. The van der Waals surface area contributed by atoms with Crippen molar-refractivity contribution in [3.05, 3.63) is 42.5 Å². The zero-order chi connectivity index (χ0) is 14.5. The number of carbonyl (C=O) groups is 1. The van der Waals surface area contributed by atoms with Gasteiger partial charge in [0, 0.05) is 18.2 Å². The van der Waals surface area contributed by atoms with Crippen LogP contribution in [-0.2, 0) is 0 Å². The highest BCUT2D eigenvalue weighted by Crippen LogP contribution is 2.10. The SMILES string of the molecule is CC(CO)C(C)NC(=O)c1cccc(-n2cncn2)c1. The molecule has 2 unspecified atom stereocenters. The van der Waals surface area contributed by atoms with Gasteiger partial charge in [-0.2, -0.15) is 5.10 Å². The first-order valence-corrected chi connectivity index (χ1v) is 6.48. The number of carbonyl (C=O) groups excluding carboxylic acids is 1. The second kappa shape index (κ2) is 6.29. The summed E-state index contributed by atoms with van der Waals surface area (Å²) in [5.41, 5.74) is 1.33. The van der Waals surface area contributed by atoms with E-state index in [-0.39, 0.29) is 24.5 Å². The van der Waals surface area contributed by atoms with Gasteiger partial charge >= 0.3 is 0 Å². The van der Waals surface area contributed by atoms with Crippen LogP contribution in [0.1, 0.15) is 24.2 Å². The van der Waals surface area contributed by atoms with E-state index in [1.54, 1.807) is 29.2 Å². The third-order valence-electron chi connectivity index (χ3n) is 3.29. The molecule has 6 nitrogen and oxygen atoms in total. The van der Waals surface area contributed by atoms with Crippen LogP contribution < -0.4 is 5.32 Å². The molecule has 0 spiro atoms. The topological polar surface area (TPSA) is 80.0 Å². The predicted molar refractivity (Wildman–Crippen MR) is 74.5 cm³/mol. The third kappa shape index (κ3) is 3.21. The average molecular weight is 274 g/mol. The second-order valence-corrected chi connectivity index (χ2v) is 4.81. The van der Waals surface area contributed by atoms with Gasteiger partial charge < -0.3 is 10.4 Å². The fourth-order valence-corrected chi connectivity index (χ4v) is 1.72. The van der Waals surface area contributed by atoms with Crippen LogP contribution in [0.3, 0.4) is 0 Å². The zero-order valence-electron chi connectivity index (χ0n) is 11.5. The molecule has 1 aromatic heterocycles. The quantitative estimate of drug-likeness (QED) is 0.853. The van der Waals surface area contributed by atoms with Gasteiger partial charge in [0.1, 0.15) is 12.7 Å². The smallest absolute Gasteiger partial charge is 0.251 e. The Hall–Kier alpha value is -2.21. The highest BCUT2D eigenvalue weighted by molar-refractivity contribution is 5.94. The van der Waals surface area contributed by atoms with Crippen molar-refractivity contribution in [3.63, 3.8) is 0 Å². The van der Waals surface area contributed by atoms with Crippen LogP contribution in [0, 0.1) is 5.92 Å². The van der Waals surface area contributed by atoms with Crippen molar-refractivity contribution in [2.75, 3.05) is 6.61 Å². The van der Waals surface area contributed by atoms with Gasteiger partial charge in [-0.1, -0.05) is 13.0 Å². The van der Waals surface area contributed by atoms with Gasteiger partial charge in [-0.3, -0.25) is 4.79 Å². The highest BCUT2D eigenvalue weighted by Gasteiger charge is 2.15. The molecule has 0 saturated heterocycles. The molecule has 1 amide bonds. The fraction of sp³-hybridized carbons (Fsp3) is 0.357. The molecule has 0 saturated carbocycles. The standard InChI is InChI=1S/C14H18N4O2/c1-10(7-19)11(2)17-14(20)12-4-3-5-13(6-12)18-9-15-8-16-18/h3-6,8-11,19H,7H2,1-2H3,(H,17,20). The number of benzene rings is 1. The first kappa shape index (κ1) is 14.2. The summed E-state index contributed by atoms with van der Waals surface area (Å²) in [6.45, 7) is 3.80. The summed E-state index contributed by atoms with van der Waals surface area (Å²) in [6.07, 6.45) is 3.02. The summed E-state index contributed by atoms with van der Waals surface area (Å²) in [5, 5.41) is 16.0. The largest absolute Gasteiger partial charge is 0.396 e. The van der Waals surface area contributed by atoms with Gasteiger partial charge in [0.25, 0.3) is 5.91 Å². The molecule has 0 aliphatic heterocycles. The van der Waals surface area contributed by atoms with Gasteiger partial charge in [0.05, 0.1) is 5.69 Å². The number of aliphatic hydroxyl groups excluding tert-OH is 1. The van der Waals surface area contributed by atoms with Gasteiger partial charge in [-0.25, -0.2) is 9.67 Å². The van der Waals surface area contributed by atoms with E-state index in [1.165, 1.54) is 6.33 Å². The lowest BCUT2D eigenvalue weighted by Gasteiger charge is -2.19. The predicted octanol–water partition coefficient (Wildman–Crippen LogP) is 1.01. The maximum atomic E-state index is 12.2. The maximum absolute atomic E-state index is 12.2. The molecular weight excluding hydrogens is 256 g/mol. The van der Waals surface area contributed by atoms with Crippen LogP contribution >= 0.6 is 0 Å². The Kier molecular flexibility index (Phi) is 4.47. The molecule has 0 bridgehead atoms. The Morgan fingerprint density at radius 3 is 2.90 bits per heavy atom. The van der Waals surface area contributed by atoms with Crippen LogP contribution in [-0.4, -0.2) is 38.4 Å². The molecule has 2 N–H and O–H groups in total. The molecule has 2 atom stereocenters. The van der Waals surface area contributed by atoms with E-state index in [1.807, 2.05) is 19.9 Å². The van der Waals surface area contributed by atoms with Gasteiger partial charge in [-0.05, 0) is 31.0 Å². The molecule has 0 fully saturated rings. The van der Waals surface area contributed by atoms with Crippen molar-refractivity contribution in [1.82, 2.24) is 20.1 Å². The molecule has 6 heteroatoms. The van der Waals surface area contributed by atoms with E-state index in [4.69, 9.17) is 5.11 Å². The van der Waals surface area contributed by atoms with Crippen molar-refractivity contribution >= 4 is 5.91 Å². The summed E-state index contributed by atoms with van der Waals surface area (Å²) in [6, 6.07) is 7.05. The molecule has 0 aliphatic carbocycles. The van der Waals surface area contributed by atoms with Gasteiger partial charge in [-0.15, -0.1) is 0 Å². The van der Waals surface area contributed by atoms with Crippen molar-refractivity contribution in [1.29, 1.82) is 0 Å². The van der Waals surface area contributed by atoms with Crippen LogP contribution in [0.4, 0.5) is 0 Å². The molecule has 1 heterocycles. The summed E-state index contributed by atoms with van der Waals surface area (Å²) >= 11 is 0. The Morgan fingerprint density at radius 2 is 2.25 bits per heavy atom. The van der Waals surface area contributed by atoms with E-state index in [9.17, 15) is 4.79 Å². The van der Waals surface area contributed by atoms with Gasteiger partial charge in [0.15, 0.2) is 0 Å². The van der Waals surface area contributed by atoms with E-state index >= 15 is 0 Å². The monoisotopic (exact) mass is 274 g/mol. The molecule has 0 radical (unpaired) electrons. The molecule has 2 rings (SSSR count). The van der Waals surface area contributed by atoms with E-state index < -0.39 is 0 Å². The number of rotatable bonds is 5. The zero-order valence-corrected chi connectivity index (χ0v) is 11.5. The maximum Gasteiger partial charge on any atom is 0.251 e. The van der Waals surface area contributed by atoms with E-state index in [0.717, 1.165) is 5.69 Å². The number of nitrogens with zero attached hydrogens (tertiary/aromatic N) is 3. The third-order valence-corrected chi connectivity index (χ3v) is 3.29. The highest BCUT2D eigenvalue weighted by atomic mass is 16.3. The average Bonchev–Trinajstić information content (AvgIpc) is 3.00. The van der Waals surface area contributed by atoms with Crippen molar-refractivity contribution in [3.8, 4) is 5.69 Å². The Morgan fingerprint density at radius 1 is 1.45 bits per heavy atom. The first-order valence-electron chi connectivity index (χ1n) is 6.48.